The molecule has 0 aliphatic carbocycles. The van der Waals surface area contributed by atoms with Gasteiger partial charge in [-0.15, -0.1) is 0 Å². The van der Waals surface area contributed by atoms with Gasteiger partial charge < -0.3 is 0 Å². The molecule has 0 aromatic heterocycles. The average Bonchev–Trinajstić information content (AvgIpc) is 3.10. The lowest BCUT2D eigenvalue weighted by Gasteiger charge is -2.37. The SMILES string of the molecule is CC1=NC2=NCNN2C(C2CCCN(Cc3ccc(C(C)C)cc3)C2)=C1. The zero-order valence-electron chi connectivity index (χ0n) is 16.1. The first-order chi connectivity index (χ1) is 12.6. The van der Waals surface area contributed by atoms with Crippen molar-refractivity contribution in [2.75, 3.05) is 19.8 Å². The molecule has 0 radical (unpaired) electrons. The van der Waals surface area contributed by atoms with Crippen molar-refractivity contribution in [3.8, 4) is 0 Å². The summed E-state index contributed by atoms with van der Waals surface area (Å²) >= 11 is 0. The van der Waals surface area contributed by atoms with Gasteiger partial charge in [0.2, 0.25) is 5.96 Å². The van der Waals surface area contributed by atoms with Gasteiger partial charge in [-0.05, 0) is 49.4 Å². The van der Waals surface area contributed by atoms with E-state index in [0.717, 1.165) is 24.8 Å². The van der Waals surface area contributed by atoms with Crippen LogP contribution >= 0.6 is 0 Å². The lowest BCUT2D eigenvalue weighted by Crippen LogP contribution is -2.45. The molecule has 0 bridgehead atoms. The molecule has 0 amide bonds. The van der Waals surface area contributed by atoms with E-state index in [2.05, 4.69) is 76.4 Å². The first-order valence-electron chi connectivity index (χ1n) is 9.76. The van der Waals surface area contributed by atoms with Gasteiger partial charge in [0, 0.05) is 30.4 Å². The third kappa shape index (κ3) is 3.60. The van der Waals surface area contributed by atoms with E-state index in [1.165, 1.54) is 36.2 Å². The predicted molar refractivity (Wildman–Crippen MR) is 107 cm³/mol. The molecule has 1 aromatic carbocycles. The topological polar surface area (TPSA) is 43.2 Å². The second-order valence-corrected chi connectivity index (χ2v) is 7.90. The van der Waals surface area contributed by atoms with Crippen molar-refractivity contribution < 1.29 is 0 Å². The molecule has 1 fully saturated rings. The van der Waals surface area contributed by atoms with Crippen LogP contribution in [0.2, 0.25) is 0 Å². The van der Waals surface area contributed by atoms with Crippen LogP contribution in [0.5, 0.6) is 0 Å². The number of nitrogens with zero attached hydrogens (tertiary/aromatic N) is 4. The molecule has 1 saturated heterocycles. The number of guanidine groups is 1. The molecule has 0 spiro atoms. The molecule has 26 heavy (non-hydrogen) atoms. The van der Waals surface area contributed by atoms with E-state index >= 15 is 0 Å². The van der Waals surface area contributed by atoms with Gasteiger partial charge >= 0.3 is 0 Å². The van der Waals surface area contributed by atoms with E-state index in [1.807, 2.05) is 0 Å². The maximum absolute atomic E-state index is 4.54. The molecule has 4 rings (SSSR count). The number of hydrazine groups is 1. The Labute approximate surface area is 156 Å². The molecule has 0 saturated carbocycles. The Bertz CT molecular complexity index is 744. The first kappa shape index (κ1) is 17.4. The molecule has 5 heteroatoms. The van der Waals surface area contributed by atoms with E-state index in [1.54, 1.807) is 0 Å². The van der Waals surface area contributed by atoms with E-state index in [4.69, 9.17) is 0 Å². The number of likely N-dealkylation sites (tertiary alicyclic amines) is 1. The number of nitrogens with one attached hydrogen (secondary N) is 1. The molecular formula is C21H29N5. The third-order valence-electron chi connectivity index (χ3n) is 5.52. The van der Waals surface area contributed by atoms with Gasteiger partial charge in [0.25, 0.3) is 0 Å². The van der Waals surface area contributed by atoms with Gasteiger partial charge in [0.05, 0.1) is 0 Å². The van der Waals surface area contributed by atoms with Crippen molar-refractivity contribution in [3.63, 3.8) is 0 Å². The van der Waals surface area contributed by atoms with E-state index in [-0.39, 0.29) is 0 Å². The van der Waals surface area contributed by atoms with Gasteiger partial charge in [0.1, 0.15) is 6.67 Å². The standard InChI is InChI=1S/C21H29N5/c1-15(2)18-8-6-17(7-9-18)12-25-10-4-5-19(13-25)20-11-16(3)24-21-22-14-23-26(20)21/h6-9,11,15,19,23H,4-5,10,12-14H2,1-3H3. The van der Waals surface area contributed by atoms with Crippen LogP contribution in [0.4, 0.5) is 0 Å². The lowest BCUT2D eigenvalue weighted by molar-refractivity contribution is 0.166. The Morgan fingerprint density at radius 3 is 2.81 bits per heavy atom. The van der Waals surface area contributed by atoms with Crippen molar-refractivity contribution >= 4 is 11.7 Å². The number of hydrogen-bond donors (Lipinski definition) is 1. The number of piperidine rings is 1. The minimum atomic E-state index is 0.528. The van der Waals surface area contributed by atoms with E-state index < -0.39 is 0 Å². The van der Waals surface area contributed by atoms with Gasteiger partial charge in [-0.1, -0.05) is 38.1 Å². The second kappa shape index (κ2) is 7.33. The fourth-order valence-electron chi connectivity index (χ4n) is 4.09. The largest absolute Gasteiger partial charge is 0.298 e. The van der Waals surface area contributed by atoms with Crippen molar-refractivity contribution in [2.45, 2.75) is 46.1 Å². The summed E-state index contributed by atoms with van der Waals surface area (Å²) in [5, 5.41) is 2.10. The first-order valence-corrected chi connectivity index (χ1v) is 9.76. The molecular weight excluding hydrogens is 322 g/mol. The fourth-order valence-corrected chi connectivity index (χ4v) is 4.09. The Morgan fingerprint density at radius 1 is 1.23 bits per heavy atom. The summed E-state index contributed by atoms with van der Waals surface area (Å²) in [6.45, 7) is 10.5. The Morgan fingerprint density at radius 2 is 2.04 bits per heavy atom. The molecule has 1 aromatic rings. The highest BCUT2D eigenvalue weighted by atomic mass is 15.6. The number of aliphatic imine (C=N–C) groups is 2. The number of hydrogen-bond acceptors (Lipinski definition) is 5. The normalized spacial score (nSPS) is 23.6. The van der Waals surface area contributed by atoms with Crippen LogP contribution < -0.4 is 5.43 Å². The van der Waals surface area contributed by atoms with Gasteiger partial charge in [0.15, 0.2) is 0 Å². The van der Waals surface area contributed by atoms with Crippen LogP contribution in [0.25, 0.3) is 0 Å². The summed E-state index contributed by atoms with van der Waals surface area (Å²) in [6.07, 6.45) is 4.69. The minimum Gasteiger partial charge on any atom is -0.298 e. The number of allylic oxidation sites excluding steroid dienone is 1. The number of benzene rings is 1. The highest BCUT2D eigenvalue weighted by molar-refractivity contribution is 6.05. The summed E-state index contributed by atoms with van der Waals surface area (Å²) in [4.78, 5) is 11.6. The summed E-state index contributed by atoms with van der Waals surface area (Å²) in [6, 6.07) is 9.15. The van der Waals surface area contributed by atoms with Gasteiger partial charge in [-0.3, -0.25) is 4.90 Å². The average molecular weight is 351 g/mol. The minimum absolute atomic E-state index is 0.528. The molecule has 5 nitrogen and oxygen atoms in total. The highest BCUT2D eigenvalue weighted by Crippen LogP contribution is 2.29. The lowest BCUT2D eigenvalue weighted by atomic mass is 9.92. The molecule has 1 unspecified atom stereocenters. The maximum atomic E-state index is 4.54. The summed E-state index contributed by atoms with van der Waals surface area (Å²) in [7, 11) is 0. The zero-order chi connectivity index (χ0) is 18.1. The van der Waals surface area contributed by atoms with Gasteiger partial charge in [-0.25, -0.2) is 20.4 Å². The molecule has 1 N–H and O–H groups in total. The van der Waals surface area contributed by atoms with E-state index in [0.29, 0.717) is 18.5 Å². The van der Waals surface area contributed by atoms with Gasteiger partial charge in [-0.2, -0.15) is 0 Å². The monoisotopic (exact) mass is 351 g/mol. The van der Waals surface area contributed by atoms with Crippen molar-refractivity contribution in [1.29, 1.82) is 0 Å². The third-order valence-corrected chi connectivity index (χ3v) is 5.52. The second-order valence-electron chi connectivity index (χ2n) is 7.90. The summed E-state index contributed by atoms with van der Waals surface area (Å²) < 4.78 is 0. The smallest absolute Gasteiger partial charge is 0.241 e. The van der Waals surface area contributed by atoms with Crippen LogP contribution in [0.15, 0.2) is 46.0 Å². The molecule has 138 valence electrons. The highest BCUT2D eigenvalue weighted by Gasteiger charge is 2.32. The van der Waals surface area contributed by atoms with Crippen molar-refractivity contribution in [3.05, 3.63) is 47.2 Å². The molecule has 3 heterocycles. The van der Waals surface area contributed by atoms with Crippen LogP contribution in [0.3, 0.4) is 0 Å². The maximum Gasteiger partial charge on any atom is 0.241 e. The predicted octanol–water partition coefficient (Wildman–Crippen LogP) is 3.51. The molecule has 3 aliphatic heterocycles. The summed E-state index contributed by atoms with van der Waals surface area (Å²) in [5.74, 6) is 1.94. The summed E-state index contributed by atoms with van der Waals surface area (Å²) in [5.41, 5.74) is 8.55. The Balaban J connectivity index is 1.44. The Hall–Kier alpha value is -1.98. The number of fused-ring (bicyclic) bond motifs is 1. The number of rotatable bonds is 4. The quantitative estimate of drug-likeness (QED) is 0.903. The zero-order valence-corrected chi connectivity index (χ0v) is 16.1. The van der Waals surface area contributed by atoms with Crippen LogP contribution in [-0.4, -0.2) is 41.3 Å². The molecule has 3 aliphatic rings. The molecule has 1 atom stereocenters. The van der Waals surface area contributed by atoms with Crippen LogP contribution in [0, 0.1) is 5.92 Å². The fraction of sp³-hybridized carbons (Fsp3) is 0.524. The van der Waals surface area contributed by atoms with Crippen molar-refractivity contribution in [2.24, 2.45) is 15.9 Å². The van der Waals surface area contributed by atoms with Crippen LogP contribution in [-0.2, 0) is 6.54 Å². The Kier molecular flexibility index (Phi) is 4.92. The van der Waals surface area contributed by atoms with E-state index in [9.17, 15) is 0 Å². The van der Waals surface area contributed by atoms with Crippen LogP contribution in [0.1, 0.15) is 50.7 Å². The van der Waals surface area contributed by atoms with Crippen molar-refractivity contribution in [1.82, 2.24) is 15.3 Å².